The minimum atomic E-state index is 0.631. The maximum absolute atomic E-state index is 5.79. The van der Waals surface area contributed by atoms with E-state index in [1.54, 1.807) is 10.4 Å². The first-order valence-electron chi connectivity index (χ1n) is 5.07. The molecular weight excluding hydrogens is 178 g/mol. The lowest BCUT2D eigenvalue weighted by Gasteiger charge is -2.12. The van der Waals surface area contributed by atoms with E-state index in [0.29, 0.717) is 5.92 Å². The number of fused-ring (bicyclic) bond motifs is 1. The highest BCUT2D eigenvalue weighted by atomic mass is 32.1. The van der Waals surface area contributed by atoms with Crippen LogP contribution in [0.15, 0.2) is 6.07 Å². The molecule has 2 rings (SSSR count). The molecule has 72 valence electrons. The minimum absolute atomic E-state index is 0.631. The summed E-state index contributed by atoms with van der Waals surface area (Å²) >= 11 is 1.99. The lowest BCUT2D eigenvalue weighted by Crippen LogP contribution is -2.15. The maximum atomic E-state index is 5.79. The Morgan fingerprint density at radius 3 is 3.00 bits per heavy atom. The van der Waals surface area contributed by atoms with Crippen LogP contribution < -0.4 is 5.73 Å². The molecule has 0 saturated carbocycles. The second kappa shape index (κ2) is 3.43. The van der Waals surface area contributed by atoms with E-state index in [4.69, 9.17) is 5.73 Å². The van der Waals surface area contributed by atoms with Gasteiger partial charge in [0.1, 0.15) is 0 Å². The Morgan fingerprint density at radius 1 is 1.62 bits per heavy atom. The second-order valence-electron chi connectivity index (χ2n) is 3.97. The molecule has 1 nitrogen and oxygen atoms in total. The average Bonchev–Trinajstić information content (AvgIpc) is 2.60. The van der Waals surface area contributed by atoms with Crippen molar-refractivity contribution >= 4 is 11.3 Å². The Labute approximate surface area is 84.0 Å². The highest BCUT2D eigenvalue weighted by Gasteiger charge is 2.29. The monoisotopic (exact) mass is 195 g/mol. The van der Waals surface area contributed by atoms with Gasteiger partial charge in [0.05, 0.1) is 0 Å². The van der Waals surface area contributed by atoms with Gasteiger partial charge in [-0.25, -0.2) is 0 Å². The van der Waals surface area contributed by atoms with Gasteiger partial charge in [0.15, 0.2) is 0 Å². The zero-order valence-electron chi connectivity index (χ0n) is 8.34. The Balaban J connectivity index is 2.33. The van der Waals surface area contributed by atoms with Gasteiger partial charge in [-0.05, 0) is 36.9 Å². The van der Waals surface area contributed by atoms with Crippen molar-refractivity contribution in [3.63, 3.8) is 0 Å². The maximum Gasteiger partial charge on any atom is 0.00864 e. The smallest absolute Gasteiger partial charge is 0.00864 e. The summed E-state index contributed by atoms with van der Waals surface area (Å²) in [6, 6.07) is 2.38. The van der Waals surface area contributed by atoms with E-state index in [0.717, 1.165) is 12.5 Å². The highest BCUT2D eigenvalue weighted by Crippen LogP contribution is 2.41. The van der Waals surface area contributed by atoms with Crippen molar-refractivity contribution in [2.24, 2.45) is 11.7 Å². The quantitative estimate of drug-likeness (QED) is 0.771. The fourth-order valence-corrected chi connectivity index (χ4v) is 3.57. The molecule has 0 saturated heterocycles. The van der Waals surface area contributed by atoms with Gasteiger partial charge in [0, 0.05) is 15.7 Å². The number of hydrogen-bond donors (Lipinski definition) is 1. The summed E-state index contributed by atoms with van der Waals surface area (Å²) in [4.78, 5) is 3.12. The molecule has 1 aromatic rings. The van der Waals surface area contributed by atoms with E-state index >= 15 is 0 Å². The molecule has 13 heavy (non-hydrogen) atoms. The van der Waals surface area contributed by atoms with Crippen molar-refractivity contribution in [1.82, 2.24) is 0 Å². The number of hydrogen-bond acceptors (Lipinski definition) is 2. The SMILES string of the molecule is CCc1cc2c(s1)CC(C)C2CN. The molecule has 1 aliphatic rings. The van der Waals surface area contributed by atoms with Crippen molar-refractivity contribution in [2.45, 2.75) is 32.6 Å². The molecule has 2 unspecified atom stereocenters. The van der Waals surface area contributed by atoms with Crippen LogP contribution in [0.3, 0.4) is 0 Å². The molecule has 0 amide bonds. The second-order valence-corrected chi connectivity index (χ2v) is 5.19. The van der Waals surface area contributed by atoms with E-state index in [-0.39, 0.29) is 0 Å². The number of aryl methyl sites for hydroxylation is 1. The van der Waals surface area contributed by atoms with E-state index in [2.05, 4.69) is 19.9 Å². The molecule has 1 heterocycles. The van der Waals surface area contributed by atoms with Gasteiger partial charge in [-0.2, -0.15) is 0 Å². The van der Waals surface area contributed by atoms with Gasteiger partial charge in [-0.15, -0.1) is 11.3 Å². The Morgan fingerprint density at radius 2 is 2.38 bits per heavy atom. The average molecular weight is 195 g/mol. The summed E-state index contributed by atoms with van der Waals surface area (Å²) in [7, 11) is 0. The van der Waals surface area contributed by atoms with E-state index < -0.39 is 0 Å². The van der Waals surface area contributed by atoms with Gasteiger partial charge in [0.25, 0.3) is 0 Å². The molecule has 0 spiro atoms. The summed E-state index contributed by atoms with van der Waals surface area (Å²) in [5, 5.41) is 0. The van der Waals surface area contributed by atoms with Crippen LogP contribution in [0.25, 0.3) is 0 Å². The lowest BCUT2D eigenvalue weighted by molar-refractivity contribution is 0.506. The number of rotatable bonds is 2. The first kappa shape index (κ1) is 9.22. The summed E-state index contributed by atoms with van der Waals surface area (Å²) in [6.07, 6.45) is 2.42. The Kier molecular flexibility index (Phi) is 2.43. The summed E-state index contributed by atoms with van der Waals surface area (Å²) in [5.74, 6) is 1.39. The van der Waals surface area contributed by atoms with Gasteiger partial charge in [0.2, 0.25) is 0 Å². The van der Waals surface area contributed by atoms with Crippen LogP contribution in [-0.4, -0.2) is 6.54 Å². The molecule has 2 heteroatoms. The van der Waals surface area contributed by atoms with Crippen LogP contribution in [0.4, 0.5) is 0 Å². The van der Waals surface area contributed by atoms with Crippen LogP contribution in [0.2, 0.25) is 0 Å². The molecular formula is C11H17NS. The molecule has 0 aromatic carbocycles. The third kappa shape index (κ3) is 1.42. The van der Waals surface area contributed by atoms with Crippen LogP contribution in [0.5, 0.6) is 0 Å². The lowest BCUT2D eigenvalue weighted by atomic mass is 9.94. The molecule has 1 aromatic heterocycles. The van der Waals surface area contributed by atoms with Crippen molar-refractivity contribution in [2.75, 3.05) is 6.54 Å². The first-order chi connectivity index (χ1) is 6.26. The zero-order chi connectivity index (χ0) is 9.42. The fourth-order valence-electron chi connectivity index (χ4n) is 2.25. The third-order valence-electron chi connectivity index (χ3n) is 3.09. The van der Waals surface area contributed by atoms with Gasteiger partial charge >= 0.3 is 0 Å². The standard InChI is InChI=1S/C11H17NS/c1-3-8-5-9-10(6-12)7(2)4-11(9)13-8/h5,7,10H,3-4,6,12H2,1-2H3. The van der Waals surface area contributed by atoms with Gasteiger partial charge in [-0.3, -0.25) is 0 Å². The molecule has 0 aliphatic heterocycles. The van der Waals surface area contributed by atoms with Gasteiger partial charge in [-0.1, -0.05) is 13.8 Å². The molecule has 2 N–H and O–H groups in total. The van der Waals surface area contributed by atoms with Crippen LogP contribution in [0.1, 0.15) is 35.1 Å². The van der Waals surface area contributed by atoms with E-state index in [9.17, 15) is 0 Å². The fraction of sp³-hybridized carbons (Fsp3) is 0.636. The van der Waals surface area contributed by atoms with Crippen LogP contribution in [0, 0.1) is 5.92 Å². The predicted octanol–water partition coefficient (Wildman–Crippen LogP) is 2.54. The van der Waals surface area contributed by atoms with Crippen molar-refractivity contribution < 1.29 is 0 Å². The van der Waals surface area contributed by atoms with Gasteiger partial charge < -0.3 is 5.73 Å². The topological polar surface area (TPSA) is 26.0 Å². The van der Waals surface area contributed by atoms with E-state index in [1.807, 2.05) is 11.3 Å². The molecule has 2 atom stereocenters. The third-order valence-corrected chi connectivity index (χ3v) is 4.41. The van der Waals surface area contributed by atoms with Crippen LogP contribution in [-0.2, 0) is 12.8 Å². The number of thiophene rings is 1. The Bertz CT molecular complexity index is 303. The highest BCUT2D eigenvalue weighted by molar-refractivity contribution is 7.12. The number of nitrogens with two attached hydrogens (primary N) is 1. The first-order valence-corrected chi connectivity index (χ1v) is 5.89. The summed E-state index contributed by atoms with van der Waals surface area (Å²) in [6.45, 7) is 5.35. The molecule has 0 bridgehead atoms. The minimum Gasteiger partial charge on any atom is -0.330 e. The summed E-state index contributed by atoms with van der Waals surface area (Å²) in [5.41, 5.74) is 7.35. The molecule has 0 radical (unpaired) electrons. The molecule has 0 fully saturated rings. The largest absolute Gasteiger partial charge is 0.330 e. The Hall–Kier alpha value is -0.340. The normalized spacial score (nSPS) is 26.4. The van der Waals surface area contributed by atoms with Crippen molar-refractivity contribution in [3.8, 4) is 0 Å². The zero-order valence-corrected chi connectivity index (χ0v) is 9.16. The van der Waals surface area contributed by atoms with Crippen molar-refractivity contribution in [1.29, 1.82) is 0 Å². The van der Waals surface area contributed by atoms with Crippen molar-refractivity contribution in [3.05, 3.63) is 21.4 Å². The van der Waals surface area contributed by atoms with Crippen LogP contribution >= 0.6 is 11.3 Å². The molecule has 1 aliphatic carbocycles. The van der Waals surface area contributed by atoms with E-state index in [1.165, 1.54) is 17.7 Å². The summed E-state index contributed by atoms with van der Waals surface area (Å²) < 4.78 is 0. The predicted molar refractivity (Wildman–Crippen MR) is 58.4 cm³/mol.